The molecule has 3 nitrogen and oxygen atoms in total. The lowest BCUT2D eigenvalue weighted by molar-refractivity contribution is -0.137. The second kappa shape index (κ2) is 14.8. The van der Waals surface area contributed by atoms with E-state index in [0.717, 1.165) is 13.0 Å². The van der Waals surface area contributed by atoms with Crippen molar-refractivity contribution in [1.29, 1.82) is 0 Å². The van der Waals surface area contributed by atoms with Crippen LogP contribution >= 0.6 is 0 Å². The normalized spacial score (nSPS) is 11.2. The molecule has 0 aromatic carbocycles. The van der Waals surface area contributed by atoms with Crippen molar-refractivity contribution in [3.63, 3.8) is 0 Å². The number of carboxylic acid groups (broad SMARTS) is 1. The smallest absolute Gasteiger partial charge is 0.317 e. The van der Waals surface area contributed by atoms with Crippen molar-refractivity contribution in [1.82, 2.24) is 4.90 Å². The SMILES string of the molecule is CCCCCCCCCCCCCCN(C)CC(=O)O. The number of carboxylic acids is 1. The number of aliphatic carboxylic acids is 1. The summed E-state index contributed by atoms with van der Waals surface area (Å²) in [7, 11) is 1.88. The van der Waals surface area contributed by atoms with Crippen molar-refractivity contribution in [3.8, 4) is 0 Å². The third-order valence-electron chi connectivity index (χ3n) is 3.80. The molecule has 0 atom stereocenters. The van der Waals surface area contributed by atoms with Gasteiger partial charge in [0.05, 0.1) is 6.54 Å². The zero-order valence-electron chi connectivity index (χ0n) is 13.7. The van der Waals surface area contributed by atoms with Crippen LogP contribution in [0.5, 0.6) is 0 Å². The van der Waals surface area contributed by atoms with Crippen LogP contribution in [0.4, 0.5) is 0 Å². The Morgan fingerprint density at radius 1 is 0.800 bits per heavy atom. The molecule has 0 aromatic heterocycles. The first kappa shape index (κ1) is 19.4. The average Bonchev–Trinajstić information content (AvgIpc) is 2.39. The molecule has 3 heteroatoms. The highest BCUT2D eigenvalue weighted by Crippen LogP contribution is 2.11. The molecule has 0 fully saturated rings. The number of carbonyl (C=O) groups is 1. The molecule has 0 amide bonds. The van der Waals surface area contributed by atoms with Crippen LogP contribution in [0.2, 0.25) is 0 Å². The Bertz CT molecular complexity index is 219. The fraction of sp³-hybridized carbons (Fsp3) is 0.941. The predicted molar refractivity (Wildman–Crippen MR) is 86.2 cm³/mol. The van der Waals surface area contributed by atoms with Gasteiger partial charge in [0.1, 0.15) is 0 Å². The maximum atomic E-state index is 10.5. The summed E-state index contributed by atoms with van der Waals surface area (Å²) >= 11 is 0. The average molecular weight is 285 g/mol. The standard InChI is InChI=1S/C17H35NO2/c1-3-4-5-6-7-8-9-10-11-12-13-14-15-18(2)16-17(19)20/h3-16H2,1-2H3,(H,19,20). The van der Waals surface area contributed by atoms with Gasteiger partial charge in [0.15, 0.2) is 0 Å². The van der Waals surface area contributed by atoms with E-state index < -0.39 is 5.97 Å². The summed E-state index contributed by atoms with van der Waals surface area (Å²) in [6, 6.07) is 0. The van der Waals surface area contributed by atoms with E-state index in [1.54, 1.807) is 0 Å². The lowest BCUT2D eigenvalue weighted by Crippen LogP contribution is -2.26. The minimum Gasteiger partial charge on any atom is -0.480 e. The maximum absolute atomic E-state index is 10.5. The van der Waals surface area contributed by atoms with Gasteiger partial charge in [-0.25, -0.2) is 0 Å². The van der Waals surface area contributed by atoms with Crippen LogP contribution in [-0.2, 0) is 4.79 Å². The lowest BCUT2D eigenvalue weighted by Gasteiger charge is -2.13. The Labute approximate surface area is 125 Å². The number of hydrogen-bond acceptors (Lipinski definition) is 2. The van der Waals surface area contributed by atoms with Crippen molar-refractivity contribution < 1.29 is 9.90 Å². The number of hydrogen-bond donors (Lipinski definition) is 1. The van der Waals surface area contributed by atoms with Gasteiger partial charge in [0, 0.05) is 0 Å². The zero-order chi connectivity index (χ0) is 15.1. The summed E-state index contributed by atoms with van der Waals surface area (Å²) in [4.78, 5) is 12.4. The molecule has 0 bridgehead atoms. The highest BCUT2D eigenvalue weighted by atomic mass is 16.4. The van der Waals surface area contributed by atoms with E-state index in [-0.39, 0.29) is 6.54 Å². The number of nitrogens with zero attached hydrogens (tertiary/aromatic N) is 1. The largest absolute Gasteiger partial charge is 0.480 e. The van der Waals surface area contributed by atoms with Gasteiger partial charge in [-0.2, -0.15) is 0 Å². The summed E-state index contributed by atoms with van der Waals surface area (Å²) < 4.78 is 0. The van der Waals surface area contributed by atoms with E-state index in [2.05, 4.69) is 6.92 Å². The van der Waals surface area contributed by atoms with E-state index in [1.165, 1.54) is 70.6 Å². The molecular formula is C17H35NO2. The van der Waals surface area contributed by atoms with Gasteiger partial charge in [-0.05, 0) is 20.0 Å². The first-order chi connectivity index (χ1) is 9.66. The molecule has 20 heavy (non-hydrogen) atoms. The summed E-state index contributed by atoms with van der Waals surface area (Å²) in [5, 5.41) is 8.63. The third-order valence-corrected chi connectivity index (χ3v) is 3.80. The topological polar surface area (TPSA) is 40.5 Å². The third kappa shape index (κ3) is 15.5. The minimum absolute atomic E-state index is 0.165. The zero-order valence-corrected chi connectivity index (χ0v) is 13.7. The molecule has 0 aromatic rings. The molecule has 0 saturated carbocycles. The van der Waals surface area contributed by atoms with Crippen LogP contribution < -0.4 is 0 Å². The van der Waals surface area contributed by atoms with Crippen LogP contribution in [-0.4, -0.2) is 36.1 Å². The number of likely N-dealkylation sites (N-methyl/N-ethyl adjacent to an activating group) is 1. The molecule has 0 saturated heterocycles. The Hall–Kier alpha value is -0.570. The van der Waals surface area contributed by atoms with Gasteiger partial charge in [-0.15, -0.1) is 0 Å². The van der Waals surface area contributed by atoms with Crippen LogP contribution in [0.25, 0.3) is 0 Å². The quantitative estimate of drug-likeness (QED) is 0.443. The van der Waals surface area contributed by atoms with Crippen LogP contribution in [0.1, 0.15) is 84.0 Å². The molecule has 0 heterocycles. The van der Waals surface area contributed by atoms with Crippen molar-refractivity contribution in [3.05, 3.63) is 0 Å². The lowest BCUT2D eigenvalue weighted by atomic mass is 10.1. The van der Waals surface area contributed by atoms with Crippen LogP contribution in [0, 0.1) is 0 Å². The van der Waals surface area contributed by atoms with E-state index in [0.29, 0.717) is 0 Å². The molecular weight excluding hydrogens is 250 g/mol. The summed E-state index contributed by atoms with van der Waals surface area (Å²) in [6.45, 7) is 3.33. The van der Waals surface area contributed by atoms with Gasteiger partial charge in [0.25, 0.3) is 0 Å². The minimum atomic E-state index is -0.730. The van der Waals surface area contributed by atoms with Gasteiger partial charge in [-0.1, -0.05) is 77.6 Å². The highest BCUT2D eigenvalue weighted by Gasteiger charge is 2.02. The second-order valence-corrected chi connectivity index (χ2v) is 6.02. The van der Waals surface area contributed by atoms with Crippen molar-refractivity contribution in [2.75, 3.05) is 20.1 Å². The molecule has 0 radical (unpaired) electrons. The summed E-state index contributed by atoms with van der Waals surface area (Å²) in [5.74, 6) is -0.730. The first-order valence-corrected chi connectivity index (χ1v) is 8.57. The van der Waals surface area contributed by atoms with Crippen molar-refractivity contribution in [2.45, 2.75) is 84.0 Å². The van der Waals surface area contributed by atoms with E-state index in [1.807, 2.05) is 11.9 Å². The summed E-state index contributed by atoms with van der Waals surface area (Å²) in [5.41, 5.74) is 0. The predicted octanol–water partition coefficient (Wildman–Crippen LogP) is 4.70. The number of unbranched alkanes of at least 4 members (excludes halogenated alkanes) is 11. The maximum Gasteiger partial charge on any atom is 0.317 e. The van der Waals surface area contributed by atoms with Crippen LogP contribution in [0.3, 0.4) is 0 Å². The Morgan fingerprint density at radius 2 is 1.20 bits per heavy atom. The Kier molecular flexibility index (Phi) is 14.4. The van der Waals surface area contributed by atoms with E-state index in [9.17, 15) is 4.79 Å². The molecule has 0 unspecified atom stereocenters. The molecule has 0 rings (SSSR count). The van der Waals surface area contributed by atoms with Gasteiger partial charge in [0.2, 0.25) is 0 Å². The molecule has 0 aliphatic rings. The van der Waals surface area contributed by atoms with Crippen molar-refractivity contribution in [2.24, 2.45) is 0 Å². The second-order valence-electron chi connectivity index (χ2n) is 6.02. The van der Waals surface area contributed by atoms with Crippen molar-refractivity contribution >= 4 is 5.97 Å². The van der Waals surface area contributed by atoms with Gasteiger partial charge >= 0.3 is 5.97 Å². The van der Waals surface area contributed by atoms with Crippen LogP contribution in [0.15, 0.2) is 0 Å². The fourth-order valence-corrected chi connectivity index (χ4v) is 2.53. The molecule has 1 N–H and O–H groups in total. The Morgan fingerprint density at radius 3 is 1.60 bits per heavy atom. The monoisotopic (exact) mass is 285 g/mol. The highest BCUT2D eigenvalue weighted by molar-refractivity contribution is 5.68. The Balaban J connectivity index is 3.08. The molecule has 120 valence electrons. The first-order valence-electron chi connectivity index (χ1n) is 8.57. The number of rotatable bonds is 15. The molecule has 0 spiro atoms. The summed E-state index contributed by atoms with van der Waals surface area (Å²) in [6.07, 6.45) is 16.2. The van der Waals surface area contributed by atoms with E-state index >= 15 is 0 Å². The fourth-order valence-electron chi connectivity index (χ4n) is 2.53. The van der Waals surface area contributed by atoms with E-state index in [4.69, 9.17) is 5.11 Å². The van der Waals surface area contributed by atoms with Gasteiger partial charge in [-0.3, -0.25) is 9.69 Å². The van der Waals surface area contributed by atoms with Gasteiger partial charge < -0.3 is 5.11 Å². The molecule has 0 aliphatic heterocycles. The molecule has 0 aliphatic carbocycles.